The summed E-state index contributed by atoms with van der Waals surface area (Å²) in [4.78, 5) is 4.16. The van der Waals surface area contributed by atoms with Crippen molar-refractivity contribution in [2.45, 2.75) is 19.3 Å². The average molecular weight is 550 g/mol. The Bertz CT molecular complexity index is 1030. The van der Waals surface area contributed by atoms with Crippen LogP contribution in [0.3, 0.4) is 0 Å². The van der Waals surface area contributed by atoms with E-state index in [2.05, 4.69) is 25.8 Å². The molecule has 0 radical (unpaired) electrons. The quantitative estimate of drug-likeness (QED) is 0.267. The Morgan fingerprint density at radius 3 is 2.58 bits per heavy atom. The lowest BCUT2D eigenvalue weighted by molar-refractivity contribution is -0.153. The lowest BCUT2D eigenvalue weighted by Crippen LogP contribution is -2.36. The molecule has 0 aliphatic rings. The van der Waals surface area contributed by atoms with Gasteiger partial charge in [-0.15, -0.1) is 34.2 Å². The number of rotatable bonds is 7. The molecule has 2 N–H and O–H groups in total. The first-order valence-corrected chi connectivity index (χ1v) is 8.99. The third-order valence-corrected chi connectivity index (χ3v) is 4.10. The molecule has 0 aliphatic heterocycles. The zero-order chi connectivity index (χ0) is 21.6. The van der Waals surface area contributed by atoms with Gasteiger partial charge in [-0.2, -0.15) is 13.2 Å². The number of halogens is 4. The number of hydrogen-bond acceptors (Lipinski definition) is 5. The standard InChI is InChI=1S/C19H21F3N6O2.HI/c1-23-18(25-11-17-27-26-16-5-3-4-8-28(16)17)24-10-13-6-7-14(15(9-13)29-2)30-12-19(20,21)22;/h3-9H,10-12H2,1-2H3,(H2,23,24,25);1H. The Balaban J connectivity index is 0.00000341. The van der Waals surface area contributed by atoms with E-state index in [-0.39, 0.29) is 35.5 Å². The number of ether oxygens (including phenoxy) is 2. The van der Waals surface area contributed by atoms with E-state index in [1.807, 2.05) is 28.8 Å². The molecule has 2 aromatic heterocycles. The molecular weight excluding hydrogens is 528 g/mol. The maximum atomic E-state index is 12.4. The van der Waals surface area contributed by atoms with Gasteiger partial charge in [0.25, 0.3) is 0 Å². The predicted molar refractivity (Wildman–Crippen MR) is 120 cm³/mol. The van der Waals surface area contributed by atoms with Crippen LogP contribution in [-0.4, -0.2) is 47.5 Å². The van der Waals surface area contributed by atoms with Gasteiger partial charge in [0, 0.05) is 19.8 Å². The molecule has 0 spiro atoms. The molecule has 2 heterocycles. The highest BCUT2D eigenvalue weighted by molar-refractivity contribution is 14.0. The molecule has 168 valence electrons. The molecule has 0 saturated carbocycles. The van der Waals surface area contributed by atoms with E-state index < -0.39 is 12.8 Å². The summed E-state index contributed by atoms with van der Waals surface area (Å²) >= 11 is 0. The van der Waals surface area contributed by atoms with Crippen LogP contribution >= 0.6 is 24.0 Å². The second-order valence-corrected chi connectivity index (χ2v) is 6.21. The van der Waals surface area contributed by atoms with E-state index in [1.165, 1.54) is 13.2 Å². The third kappa shape index (κ3) is 6.87. The van der Waals surface area contributed by atoms with Gasteiger partial charge < -0.3 is 20.1 Å². The van der Waals surface area contributed by atoms with Crippen LogP contribution < -0.4 is 20.1 Å². The largest absolute Gasteiger partial charge is 0.493 e. The van der Waals surface area contributed by atoms with Crippen molar-refractivity contribution in [1.29, 1.82) is 0 Å². The lowest BCUT2D eigenvalue weighted by atomic mass is 10.2. The van der Waals surface area contributed by atoms with E-state index >= 15 is 0 Å². The Morgan fingerprint density at radius 1 is 1.10 bits per heavy atom. The minimum absolute atomic E-state index is 0. The van der Waals surface area contributed by atoms with Crippen molar-refractivity contribution in [3.8, 4) is 11.5 Å². The maximum absolute atomic E-state index is 12.4. The third-order valence-electron chi connectivity index (χ3n) is 4.10. The van der Waals surface area contributed by atoms with E-state index in [0.29, 0.717) is 19.0 Å². The molecule has 0 atom stereocenters. The molecule has 0 unspecified atom stereocenters. The summed E-state index contributed by atoms with van der Waals surface area (Å²) in [5.74, 6) is 1.50. The van der Waals surface area contributed by atoms with Gasteiger partial charge in [0.2, 0.25) is 0 Å². The zero-order valence-electron chi connectivity index (χ0n) is 16.8. The molecule has 31 heavy (non-hydrogen) atoms. The van der Waals surface area contributed by atoms with Crippen molar-refractivity contribution >= 4 is 35.6 Å². The number of pyridine rings is 1. The number of guanidine groups is 1. The predicted octanol–water partition coefficient (Wildman–Crippen LogP) is 3.16. The van der Waals surface area contributed by atoms with Crippen molar-refractivity contribution in [1.82, 2.24) is 25.2 Å². The van der Waals surface area contributed by atoms with E-state index in [1.54, 1.807) is 19.2 Å². The van der Waals surface area contributed by atoms with Crippen LogP contribution in [0.2, 0.25) is 0 Å². The number of benzene rings is 1. The Morgan fingerprint density at radius 2 is 1.87 bits per heavy atom. The van der Waals surface area contributed by atoms with E-state index in [0.717, 1.165) is 17.0 Å². The monoisotopic (exact) mass is 550 g/mol. The number of hydrogen-bond donors (Lipinski definition) is 2. The highest BCUT2D eigenvalue weighted by Gasteiger charge is 2.29. The van der Waals surface area contributed by atoms with Crippen LogP contribution in [0.15, 0.2) is 47.6 Å². The first kappa shape index (κ1) is 24.5. The first-order valence-electron chi connectivity index (χ1n) is 8.99. The molecule has 0 bridgehead atoms. The summed E-state index contributed by atoms with van der Waals surface area (Å²) < 4.78 is 48.9. The number of aromatic nitrogens is 3. The van der Waals surface area contributed by atoms with Crippen LogP contribution in [0.4, 0.5) is 13.2 Å². The van der Waals surface area contributed by atoms with Crippen molar-refractivity contribution in [2.24, 2.45) is 4.99 Å². The SMILES string of the molecule is CN=C(NCc1ccc(OCC(F)(F)F)c(OC)c1)NCc1nnc2ccccn12.I. The summed E-state index contributed by atoms with van der Waals surface area (Å²) in [5, 5.41) is 14.5. The number of nitrogens with one attached hydrogen (secondary N) is 2. The van der Waals surface area contributed by atoms with Crippen molar-refractivity contribution < 1.29 is 22.6 Å². The van der Waals surface area contributed by atoms with Crippen LogP contribution in [-0.2, 0) is 13.1 Å². The van der Waals surface area contributed by atoms with Gasteiger partial charge in [0.1, 0.15) is 0 Å². The molecule has 3 rings (SSSR count). The summed E-state index contributed by atoms with van der Waals surface area (Å²) in [5.41, 5.74) is 1.53. The lowest BCUT2D eigenvalue weighted by Gasteiger charge is -2.15. The summed E-state index contributed by atoms with van der Waals surface area (Å²) in [6.45, 7) is -0.608. The van der Waals surface area contributed by atoms with E-state index in [9.17, 15) is 13.2 Å². The molecule has 1 aromatic carbocycles. The first-order chi connectivity index (χ1) is 14.4. The van der Waals surface area contributed by atoms with Crippen LogP contribution in [0.5, 0.6) is 11.5 Å². The minimum atomic E-state index is -4.42. The number of nitrogens with zero attached hydrogens (tertiary/aromatic N) is 4. The number of alkyl halides is 3. The second kappa shape index (κ2) is 11.0. The van der Waals surface area contributed by atoms with Crippen LogP contribution in [0, 0.1) is 0 Å². The van der Waals surface area contributed by atoms with Crippen LogP contribution in [0.1, 0.15) is 11.4 Å². The fourth-order valence-corrected chi connectivity index (χ4v) is 2.68. The smallest absolute Gasteiger partial charge is 0.422 e. The summed E-state index contributed by atoms with van der Waals surface area (Å²) in [6, 6.07) is 10.3. The average Bonchev–Trinajstić information content (AvgIpc) is 3.15. The maximum Gasteiger partial charge on any atom is 0.422 e. The molecule has 0 saturated heterocycles. The fourth-order valence-electron chi connectivity index (χ4n) is 2.68. The fraction of sp³-hybridized carbons (Fsp3) is 0.316. The minimum Gasteiger partial charge on any atom is -0.493 e. The highest BCUT2D eigenvalue weighted by Crippen LogP contribution is 2.29. The van der Waals surface area contributed by atoms with Gasteiger partial charge in [0.15, 0.2) is 35.5 Å². The Hall–Kier alpha value is -2.77. The molecular formula is C19H22F3IN6O2. The number of methoxy groups -OCH3 is 1. The number of aliphatic imine (C=N–C) groups is 1. The van der Waals surface area contributed by atoms with Crippen LogP contribution in [0.25, 0.3) is 5.65 Å². The Kier molecular flexibility index (Phi) is 8.71. The number of fused-ring (bicyclic) bond motifs is 1. The van der Waals surface area contributed by atoms with Gasteiger partial charge in [-0.1, -0.05) is 12.1 Å². The van der Waals surface area contributed by atoms with Gasteiger partial charge in [-0.05, 0) is 29.8 Å². The summed E-state index contributed by atoms with van der Waals surface area (Å²) in [6.07, 6.45) is -2.55. The van der Waals surface area contributed by atoms with Crippen molar-refractivity contribution in [2.75, 3.05) is 20.8 Å². The molecule has 3 aromatic rings. The van der Waals surface area contributed by atoms with Gasteiger partial charge >= 0.3 is 6.18 Å². The molecule has 0 fully saturated rings. The zero-order valence-corrected chi connectivity index (χ0v) is 19.1. The highest BCUT2D eigenvalue weighted by atomic mass is 127. The van der Waals surface area contributed by atoms with Crippen molar-refractivity contribution in [3.05, 3.63) is 54.0 Å². The van der Waals surface area contributed by atoms with Crippen molar-refractivity contribution in [3.63, 3.8) is 0 Å². The molecule has 8 nitrogen and oxygen atoms in total. The summed E-state index contributed by atoms with van der Waals surface area (Å²) in [7, 11) is 3.00. The normalized spacial score (nSPS) is 11.7. The van der Waals surface area contributed by atoms with Gasteiger partial charge in [0.05, 0.1) is 13.7 Å². The van der Waals surface area contributed by atoms with Gasteiger partial charge in [-0.25, -0.2) is 0 Å². The molecule has 0 aliphatic carbocycles. The molecule has 12 heteroatoms. The topological polar surface area (TPSA) is 85.1 Å². The van der Waals surface area contributed by atoms with Gasteiger partial charge in [-0.3, -0.25) is 9.39 Å². The molecule has 0 amide bonds. The van der Waals surface area contributed by atoms with E-state index in [4.69, 9.17) is 9.47 Å². The Labute approximate surface area is 193 Å². The second-order valence-electron chi connectivity index (χ2n) is 6.21.